The van der Waals surface area contributed by atoms with Crippen molar-refractivity contribution in [2.45, 2.75) is 6.92 Å². The van der Waals surface area contributed by atoms with Crippen LogP contribution in [-0.4, -0.2) is 26.1 Å². The highest BCUT2D eigenvalue weighted by Gasteiger charge is 2.04. The maximum atomic E-state index is 11.3. The predicted molar refractivity (Wildman–Crippen MR) is 67.9 cm³/mol. The molecule has 0 aliphatic carbocycles. The lowest BCUT2D eigenvalue weighted by Crippen LogP contribution is -2.29. The van der Waals surface area contributed by atoms with Gasteiger partial charge in [0, 0.05) is 17.1 Å². The predicted octanol–water partition coefficient (Wildman–Crippen LogP) is 2.01. The van der Waals surface area contributed by atoms with E-state index >= 15 is 0 Å². The summed E-state index contributed by atoms with van der Waals surface area (Å²) in [5.74, 6) is 0.721. The molecule has 16 heavy (non-hydrogen) atoms. The maximum absolute atomic E-state index is 11.3. The molecule has 0 aliphatic rings. The normalized spacial score (nSPS) is 9.69. The van der Waals surface area contributed by atoms with Gasteiger partial charge in [0.15, 0.2) is 0 Å². The summed E-state index contributed by atoms with van der Waals surface area (Å²) >= 11 is 3.40. The van der Waals surface area contributed by atoms with Crippen molar-refractivity contribution in [1.29, 1.82) is 0 Å². The average molecular weight is 287 g/mol. The number of ether oxygens (including phenoxy) is 1. The molecular formula is C11H15BrN2O2. The van der Waals surface area contributed by atoms with Crippen molar-refractivity contribution in [3.8, 4) is 5.75 Å². The van der Waals surface area contributed by atoms with Crippen molar-refractivity contribution in [2.24, 2.45) is 0 Å². The van der Waals surface area contributed by atoms with Crippen LogP contribution in [0.15, 0.2) is 22.7 Å². The van der Waals surface area contributed by atoms with Crippen LogP contribution in [0.4, 0.5) is 5.69 Å². The zero-order valence-electron chi connectivity index (χ0n) is 9.34. The van der Waals surface area contributed by atoms with Gasteiger partial charge in [-0.05, 0) is 35.0 Å². The number of methoxy groups -OCH3 is 1. The van der Waals surface area contributed by atoms with Crippen molar-refractivity contribution in [2.75, 3.05) is 25.5 Å². The summed E-state index contributed by atoms with van der Waals surface area (Å²) in [4.78, 5) is 11.3. The van der Waals surface area contributed by atoms with Crippen molar-refractivity contribution in [3.63, 3.8) is 0 Å². The van der Waals surface area contributed by atoms with Crippen molar-refractivity contribution < 1.29 is 9.53 Å². The molecule has 5 heteroatoms. The highest BCUT2D eigenvalue weighted by molar-refractivity contribution is 9.10. The van der Waals surface area contributed by atoms with E-state index in [2.05, 4.69) is 26.6 Å². The van der Waals surface area contributed by atoms with Crippen LogP contribution in [-0.2, 0) is 4.79 Å². The van der Waals surface area contributed by atoms with Gasteiger partial charge in [0.25, 0.3) is 0 Å². The van der Waals surface area contributed by atoms with Gasteiger partial charge in [0.05, 0.1) is 19.3 Å². The van der Waals surface area contributed by atoms with Gasteiger partial charge in [-0.2, -0.15) is 0 Å². The zero-order valence-corrected chi connectivity index (χ0v) is 10.9. The molecule has 1 rings (SSSR count). The van der Waals surface area contributed by atoms with Crippen molar-refractivity contribution in [3.05, 3.63) is 22.7 Å². The molecule has 0 saturated heterocycles. The van der Waals surface area contributed by atoms with Gasteiger partial charge >= 0.3 is 0 Å². The minimum atomic E-state index is -0.0304. The minimum Gasteiger partial charge on any atom is -0.497 e. The molecule has 0 heterocycles. The molecule has 0 radical (unpaired) electrons. The summed E-state index contributed by atoms with van der Waals surface area (Å²) < 4.78 is 6.00. The lowest BCUT2D eigenvalue weighted by molar-refractivity contribution is -0.119. The van der Waals surface area contributed by atoms with Gasteiger partial charge in [-0.1, -0.05) is 0 Å². The largest absolute Gasteiger partial charge is 0.497 e. The molecule has 88 valence electrons. The third-order valence-electron chi connectivity index (χ3n) is 1.99. The molecule has 0 unspecified atom stereocenters. The van der Waals surface area contributed by atoms with Gasteiger partial charge < -0.3 is 15.4 Å². The van der Waals surface area contributed by atoms with Crippen molar-refractivity contribution >= 4 is 27.5 Å². The van der Waals surface area contributed by atoms with E-state index in [1.165, 1.54) is 0 Å². The number of likely N-dealkylation sites (N-methyl/N-ethyl adjacent to an activating group) is 1. The average Bonchev–Trinajstić information content (AvgIpc) is 2.28. The molecule has 0 atom stereocenters. The fraction of sp³-hybridized carbons (Fsp3) is 0.364. The summed E-state index contributed by atoms with van der Waals surface area (Å²) in [5, 5.41) is 5.75. The number of hydrogen-bond acceptors (Lipinski definition) is 3. The van der Waals surface area contributed by atoms with E-state index in [1.54, 1.807) is 7.11 Å². The lowest BCUT2D eigenvalue weighted by Gasteiger charge is -2.09. The Morgan fingerprint density at radius 1 is 1.50 bits per heavy atom. The third-order valence-corrected chi connectivity index (χ3v) is 2.68. The number of amides is 1. The van der Waals surface area contributed by atoms with Crippen LogP contribution in [0.5, 0.6) is 5.75 Å². The lowest BCUT2D eigenvalue weighted by atomic mass is 10.3. The number of carbonyl (C=O) groups is 1. The molecule has 0 saturated carbocycles. The van der Waals surface area contributed by atoms with E-state index in [1.807, 2.05) is 25.1 Å². The highest BCUT2D eigenvalue weighted by atomic mass is 79.9. The standard InChI is InChI=1S/C11H15BrN2O2/c1-3-13-11(15)7-14-10-6-8(16-2)4-5-9(10)12/h4-6,14H,3,7H2,1-2H3,(H,13,15). The smallest absolute Gasteiger partial charge is 0.239 e. The Bertz CT molecular complexity index is 369. The molecule has 0 aliphatic heterocycles. The second-order valence-corrected chi connectivity index (χ2v) is 4.01. The van der Waals surface area contributed by atoms with Gasteiger partial charge in [-0.25, -0.2) is 0 Å². The monoisotopic (exact) mass is 286 g/mol. The van der Waals surface area contributed by atoms with E-state index in [-0.39, 0.29) is 12.5 Å². The van der Waals surface area contributed by atoms with E-state index in [9.17, 15) is 4.79 Å². The number of hydrogen-bond donors (Lipinski definition) is 2. The highest BCUT2D eigenvalue weighted by Crippen LogP contribution is 2.26. The molecule has 4 nitrogen and oxygen atoms in total. The molecule has 0 aromatic heterocycles. The Morgan fingerprint density at radius 2 is 2.25 bits per heavy atom. The molecule has 1 aromatic carbocycles. The van der Waals surface area contributed by atoms with Gasteiger partial charge in [0.1, 0.15) is 5.75 Å². The quantitative estimate of drug-likeness (QED) is 0.871. The van der Waals surface area contributed by atoms with Gasteiger partial charge in [0.2, 0.25) is 5.91 Å². The zero-order chi connectivity index (χ0) is 12.0. The Morgan fingerprint density at radius 3 is 2.88 bits per heavy atom. The molecule has 1 amide bonds. The Labute approximate surface area is 103 Å². The van der Waals surface area contributed by atoms with Crippen LogP contribution in [0.25, 0.3) is 0 Å². The summed E-state index contributed by atoms with van der Waals surface area (Å²) in [7, 11) is 1.61. The maximum Gasteiger partial charge on any atom is 0.239 e. The van der Waals surface area contributed by atoms with Crippen LogP contribution < -0.4 is 15.4 Å². The van der Waals surface area contributed by atoms with Crippen LogP contribution >= 0.6 is 15.9 Å². The summed E-state index contributed by atoms with van der Waals surface area (Å²) in [6.45, 7) is 2.78. The van der Waals surface area contributed by atoms with E-state index in [4.69, 9.17) is 4.74 Å². The number of anilines is 1. The third kappa shape index (κ3) is 3.73. The second-order valence-electron chi connectivity index (χ2n) is 3.15. The first-order valence-electron chi connectivity index (χ1n) is 5.01. The fourth-order valence-electron chi connectivity index (χ4n) is 1.20. The Kier molecular flexibility index (Phi) is 5.11. The summed E-state index contributed by atoms with van der Waals surface area (Å²) in [5.41, 5.74) is 0.839. The van der Waals surface area contributed by atoms with Gasteiger partial charge in [-0.3, -0.25) is 4.79 Å². The van der Waals surface area contributed by atoms with Crippen LogP contribution in [0, 0.1) is 0 Å². The van der Waals surface area contributed by atoms with Crippen LogP contribution in [0.1, 0.15) is 6.92 Å². The van der Waals surface area contributed by atoms with Crippen LogP contribution in [0.3, 0.4) is 0 Å². The number of carbonyl (C=O) groups excluding carboxylic acids is 1. The molecular weight excluding hydrogens is 272 g/mol. The molecule has 0 bridgehead atoms. The number of rotatable bonds is 5. The second kappa shape index (κ2) is 6.37. The molecule has 2 N–H and O–H groups in total. The summed E-state index contributed by atoms with van der Waals surface area (Å²) in [6, 6.07) is 5.56. The number of halogens is 1. The van der Waals surface area contributed by atoms with E-state index < -0.39 is 0 Å². The SMILES string of the molecule is CCNC(=O)CNc1cc(OC)ccc1Br. The summed E-state index contributed by atoms with van der Waals surface area (Å²) in [6.07, 6.45) is 0. The van der Waals surface area contributed by atoms with Gasteiger partial charge in [-0.15, -0.1) is 0 Å². The molecule has 0 spiro atoms. The van der Waals surface area contributed by atoms with Crippen LogP contribution in [0.2, 0.25) is 0 Å². The molecule has 0 fully saturated rings. The topological polar surface area (TPSA) is 50.4 Å². The number of nitrogens with one attached hydrogen (secondary N) is 2. The number of benzene rings is 1. The molecule has 1 aromatic rings. The fourth-order valence-corrected chi connectivity index (χ4v) is 1.59. The first-order chi connectivity index (χ1) is 7.67. The van der Waals surface area contributed by atoms with Crippen molar-refractivity contribution in [1.82, 2.24) is 5.32 Å². The Hall–Kier alpha value is -1.23. The first-order valence-corrected chi connectivity index (χ1v) is 5.80. The van der Waals surface area contributed by atoms with E-state index in [0.717, 1.165) is 15.9 Å². The first kappa shape index (κ1) is 12.8. The van der Waals surface area contributed by atoms with E-state index in [0.29, 0.717) is 6.54 Å². The Balaban J connectivity index is 2.62. The minimum absolute atomic E-state index is 0.0304.